The van der Waals surface area contributed by atoms with E-state index in [2.05, 4.69) is 15.3 Å². The minimum atomic E-state index is -0.571. The number of ether oxygens (including phenoxy) is 1. The summed E-state index contributed by atoms with van der Waals surface area (Å²) in [7, 11) is 0. The molecule has 0 saturated carbocycles. The fourth-order valence-corrected chi connectivity index (χ4v) is 2.62. The highest BCUT2D eigenvalue weighted by atomic mass is 32.1. The second-order valence-electron chi connectivity index (χ2n) is 4.85. The molecule has 1 unspecified atom stereocenters. The third-order valence-corrected chi connectivity index (χ3v) is 4.00. The van der Waals surface area contributed by atoms with Crippen LogP contribution in [0.2, 0.25) is 0 Å². The lowest BCUT2D eigenvalue weighted by Crippen LogP contribution is -2.09. The average molecular weight is 332 g/mol. The number of halogens is 1. The molecule has 0 saturated heterocycles. The Morgan fingerprint density at radius 3 is 3.09 bits per heavy atom. The van der Waals surface area contributed by atoms with Crippen molar-refractivity contribution in [3.8, 4) is 0 Å². The van der Waals surface area contributed by atoms with Gasteiger partial charge in [-0.25, -0.2) is 18.9 Å². The summed E-state index contributed by atoms with van der Waals surface area (Å²) in [6.07, 6.45) is 2.68. The van der Waals surface area contributed by atoms with Crippen LogP contribution in [0.15, 0.2) is 42.0 Å². The topological polar surface area (TPSA) is 69.9 Å². The first-order valence-corrected chi connectivity index (χ1v) is 7.75. The molecule has 0 spiro atoms. The van der Waals surface area contributed by atoms with Gasteiger partial charge < -0.3 is 4.74 Å². The summed E-state index contributed by atoms with van der Waals surface area (Å²) < 4.78 is 19.9. The molecular weight excluding hydrogens is 319 g/mol. The maximum absolute atomic E-state index is 13.2. The molecule has 3 rings (SSSR count). The van der Waals surface area contributed by atoms with Crippen molar-refractivity contribution in [2.45, 2.75) is 19.6 Å². The number of esters is 1. The molecule has 0 aliphatic carbocycles. The number of carbonyl (C=O) groups is 1. The van der Waals surface area contributed by atoms with Gasteiger partial charge in [0, 0.05) is 11.6 Å². The molecular formula is C15H13FN4O2S. The maximum Gasteiger partial charge on any atom is 0.361 e. The maximum atomic E-state index is 13.2. The fourth-order valence-electron chi connectivity index (χ4n) is 2.00. The molecule has 0 radical (unpaired) electrons. The molecule has 0 bridgehead atoms. The van der Waals surface area contributed by atoms with Gasteiger partial charge in [0.1, 0.15) is 10.8 Å². The molecule has 2 aromatic heterocycles. The third-order valence-electron chi connectivity index (χ3n) is 3.06. The molecule has 1 aromatic carbocycles. The normalized spacial score (nSPS) is 12.1. The van der Waals surface area contributed by atoms with Gasteiger partial charge in [-0.3, -0.25) is 0 Å². The van der Waals surface area contributed by atoms with Gasteiger partial charge >= 0.3 is 5.97 Å². The van der Waals surface area contributed by atoms with Crippen molar-refractivity contribution >= 4 is 17.3 Å². The number of hydrogen-bond acceptors (Lipinski definition) is 6. The van der Waals surface area contributed by atoms with Crippen molar-refractivity contribution in [3.63, 3.8) is 0 Å². The molecule has 0 amide bonds. The average Bonchev–Trinajstić information content (AvgIpc) is 3.18. The van der Waals surface area contributed by atoms with Gasteiger partial charge in [0.15, 0.2) is 11.8 Å². The zero-order valence-corrected chi connectivity index (χ0v) is 13.0. The number of nitrogens with zero attached hydrogens (tertiary/aromatic N) is 4. The van der Waals surface area contributed by atoms with Crippen LogP contribution in [-0.4, -0.2) is 25.9 Å². The molecule has 0 N–H and O–H groups in total. The predicted molar refractivity (Wildman–Crippen MR) is 81.5 cm³/mol. The van der Waals surface area contributed by atoms with E-state index < -0.39 is 12.1 Å². The van der Waals surface area contributed by atoms with Crippen LogP contribution in [0.3, 0.4) is 0 Å². The minimum Gasteiger partial charge on any atom is -0.450 e. The summed E-state index contributed by atoms with van der Waals surface area (Å²) in [5.41, 5.74) is 0.829. The van der Waals surface area contributed by atoms with Crippen molar-refractivity contribution in [2.24, 2.45) is 0 Å². The van der Waals surface area contributed by atoms with Gasteiger partial charge in [-0.05, 0) is 24.6 Å². The Morgan fingerprint density at radius 1 is 1.48 bits per heavy atom. The summed E-state index contributed by atoms with van der Waals surface area (Å²) in [5, 5.41) is 10.2. The monoisotopic (exact) mass is 332 g/mol. The molecule has 0 aliphatic heterocycles. The van der Waals surface area contributed by atoms with Crippen LogP contribution in [0.4, 0.5) is 4.39 Å². The number of carbonyl (C=O) groups excluding carboxylic acids is 1. The number of aromatic nitrogens is 4. The van der Waals surface area contributed by atoms with Gasteiger partial charge in [-0.2, -0.15) is 0 Å². The van der Waals surface area contributed by atoms with E-state index >= 15 is 0 Å². The Morgan fingerprint density at radius 2 is 2.35 bits per heavy atom. The first-order valence-electron chi connectivity index (χ1n) is 6.87. The van der Waals surface area contributed by atoms with E-state index in [1.54, 1.807) is 25.3 Å². The highest BCUT2D eigenvalue weighted by molar-refractivity contribution is 7.09. The minimum absolute atomic E-state index is 0.102. The van der Waals surface area contributed by atoms with Gasteiger partial charge in [-0.15, -0.1) is 16.4 Å². The number of rotatable bonds is 5. The van der Waals surface area contributed by atoms with Crippen molar-refractivity contribution in [3.05, 3.63) is 64.1 Å². The third kappa shape index (κ3) is 3.78. The Bertz CT molecular complexity index is 803. The molecule has 0 aliphatic rings. The smallest absolute Gasteiger partial charge is 0.361 e. The molecule has 3 aromatic rings. The molecule has 6 nitrogen and oxygen atoms in total. The fraction of sp³-hybridized carbons (Fsp3) is 0.200. The Kier molecular flexibility index (Phi) is 4.42. The van der Waals surface area contributed by atoms with Crippen LogP contribution in [-0.2, 0) is 11.3 Å². The van der Waals surface area contributed by atoms with Gasteiger partial charge in [0.05, 0.1) is 12.7 Å². The molecule has 23 heavy (non-hydrogen) atoms. The molecule has 0 fully saturated rings. The van der Waals surface area contributed by atoms with Crippen LogP contribution in [0.1, 0.15) is 34.1 Å². The standard InChI is InChI=1S/C15H13FN4O2S/c1-10(14-17-5-6-23-14)22-15(21)13-9-20(19-18-13)8-11-3-2-4-12(16)7-11/h2-7,9-10H,8H2,1H3. The number of benzene rings is 1. The molecule has 8 heteroatoms. The second kappa shape index (κ2) is 6.66. The summed E-state index contributed by atoms with van der Waals surface area (Å²) in [5.74, 6) is -0.891. The zero-order chi connectivity index (χ0) is 16.2. The van der Waals surface area contributed by atoms with Crippen LogP contribution in [0.25, 0.3) is 0 Å². The lowest BCUT2D eigenvalue weighted by Gasteiger charge is -2.08. The lowest BCUT2D eigenvalue weighted by atomic mass is 10.2. The Hall–Kier alpha value is -2.61. The second-order valence-corrected chi connectivity index (χ2v) is 5.78. The van der Waals surface area contributed by atoms with Gasteiger partial charge in [0.25, 0.3) is 0 Å². The van der Waals surface area contributed by atoms with Crippen molar-refractivity contribution in [2.75, 3.05) is 0 Å². The molecule has 2 heterocycles. The van der Waals surface area contributed by atoms with E-state index in [9.17, 15) is 9.18 Å². The van der Waals surface area contributed by atoms with Gasteiger partial charge in [-0.1, -0.05) is 17.3 Å². The van der Waals surface area contributed by atoms with E-state index in [1.165, 1.54) is 34.3 Å². The van der Waals surface area contributed by atoms with Crippen LogP contribution in [0.5, 0.6) is 0 Å². The predicted octanol–water partition coefficient (Wildman–Crippen LogP) is 2.84. The van der Waals surface area contributed by atoms with Crippen LogP contribution >= 0.6 is 11.3 Å². The van der Waals surface area contributed by atoms with Gasteiger partial charge in [0.2, 0.25) is 0 Å². The number of hydrogen-bond donors (Lipinski definition) is 0. The summed E-state index contributed by atoms with van der Waals surface area (Å²) in [6.45, 7) is 2.06. The van der Waals surface area contributed by atoms with E-state index in [0.717, 1.165) is 5.56 Å². The summed E-state index contributed by atoms with van der Waals surface area (Å²) in [6, 6.07) is 6.16. The first kappa shape index (κ1) is 15.3. The van der Waals surface area contributed by atoms with E-state index in [1.807, 2.05) is 5.38 Å². The van der Waals surface area contributed by atoms with Crippen LogP contribution < -0.4 is 0 Å². The summed E-state index contributed by atoms with van der Waals surface area (Å²) >= 11 is 1.41. The van der Waals surface area contributed by atoms with Crippen molar-refractivity contribution in [1.82, 2.24) is 20.0 Å². The van der Waals surface area contributed by atoms with Crippen molar-refractivity contribution in [1.29, 1.82) is 0 Å². The van der Waals surface area contributed by atoms with Crippen molar-refractivity contribution < 1.29 is 13.9 Å². The quantitative estimate of drug-likeness (QED) is 0.672. The lowest BCUT2D eigenvalue weighted by molar-refractivity contribution is 0.0330. The Labute approximate surface area is 135 Å². The largest absolute Gasteiger partial charge is 0.450 e. The number of thiazole rings is 1. The summed E-state index contributed by atoms with van der Waals surface area (Å²) in [4.78, 5) is 16.1. The zero-order valence-electron chi connectivity index (χ0n) is 12.2. The van der Waals surface area contributed by atoms with Crippen LogP contribution in [0, 0.1) is 5.82 Å². The molecule has 1 atom stereocenters. The molecule has 118 valence electrons. The van der Waals surface area contributed by atoms with E-state index in [-0.39, 0.29) is 11.5 Å². The SMILES string of the molecule is CC(OC(=O)c1cn(Cc2cccc(F)c2)nn1)c1nccs1. The van der Waals surface area contributed by atoms with E-state index in [0.29, 0.717) is 11.6 Å². The first-order chi connectivity index (χ1) is 11.1. The highest BCUT2D eigenvalue weighted by Gasteiger charge is 2.18. The van der Waals surface area contributed by atoms with E-state index in [4.69, 9.17) is 4.74 Å². The Balaban J connectivity index is 1.65. The highest BCUT2D eigenvalue weighted by Crippen LogP contribution is 2.20.